The van der Waals surface area contributed by atoms with Crippen LogP contribution in [0.1, 0.15) is 45.0 Å². The van der Waals surface area contributed by atoms with E-state index in [1.165, 1.54) is 12.3 Å². The molecule has 2 heterocycles. The van der Waals surface area contributed by atoms with E-state index in [-0.39, 0.29) is 36.5 Å². The van der Waals surface area contributed by atoms with Crippen LogP contribution in [0.4, 0.5) is 0 Å². The molecule has 2 aromatic carbocycles. The number of amides is 2. The van der Waals surface area contributed by atoms with Crippen molar-refractivity contribution in [3.63, 3.8) is 0 Å². The highest BCUT2D eigenvalue weighted by Crippen LogP contribution is 2.28. The van der Waals surface area contributed by atoms with Crippen LogP contribution in [0.3, 0.4) is 0 Å². The van der Waals surface area contributed by atoms with Crippen LogP contribution in [0.2, 0.25) is 0 Å². The molecular weight excluding hydrogens is 404 g/mol. The first-order valence-electron chi connectivity index (χ1n) is 11.1. The Balaban J connectivity index is 1.55. The summed E-state index contributed by atoms with van der Waals surface area (Å²) in [7, 11) is 0. The van der Waals surface area contributed by atoms with Gasteiger partial charge in [0, 0.05) is 51.4 Å². The SMILES string of the molecule is CCC(=O)CCC(=O)N1CCN(C(C)=O)C(c2ncc(-c3ccc4ccccc4c3)[nH]2)C1. The minimum atomic E-state index is -0.346. The van der Waals surface area contributed by atoms with Crippen LogP contribution in [0.25, 0.3) is 22.0 Å². The summed E-state index contributed by atoms with van der Waals surface area (Å²) in [5.74, 6) is 0.641. The highest BCUT2D eigenvalue weighted by molar-refractivity contribution is 5.87. The fourth-order valence-electron chi connectivity index (χ4n) is 4.21. The van der Waals surface area contributed by atoms with Crippen molar-refractivity contribution in [1.82, 2.24) is 19.8 Å². The van der Waals surface area contributed by atoms with Crippen LogP contribution in [0.5, 0.6) is 0 Å². The number of Topliss-reactive ketones (excluding diaryl/α,β-unsaturated/α-hetero) is 1. The number of nitrogens with zero attached hydrogens (tertiary/aromatic N) is 3. The molecule has 1 fully saturated rings. The maximum Gasteiger partial charge on any atom is 0.223 e. The number of aromatic nitrogens is 2. The fourth-order valence-corrected chi connectivity index (χ4v) is 4.21. The van der Waals surface area contributed by atoms with E-state index in [2.05, 4.69) is 34.2 Å². The summed E-state index contributed by atoms with van der Waals surface area (Å²) >= 11 is 0. The number of ketones is 1. The number of piperazine rings is 1. The van der Waals surface area contributed by atoms with Crippen molar-refractivity contribution in [2.24, 2.45) is 0 Å². The fraction of sp³-hybridized carbons (Fsp3) is 0.360. The zero-order valence-corrected chi connectivity index (χ0v) is 18.5. The predicted octanol–water partition coefficient (Wildman–Crippen LogP) is 3.72. The van der Waals surface area contributed by atoms with E-state index in [1.807, 2.05) is 18.2 Å². The Labute approximate surface area is 187 Å². The second-order valence-electron chi connectivity index (χ2n) is 8.20. The average molecular weight is 433 g/mol. The van der Waals surface area contributed by atoms with E-state index in [0.717, 1.165) is 16.6 Å². The third kappa shape index (κ3) is 4.56. The zero-order chi connectivity index (χ0) is 22.7. The Morgan fingerprint density at radius 3 is 2.59 bits per heavy atom. The van der Waals surface area contributed by atoms with Gasteiger partial charge < -0.3 is 14.8 Å². The third-order valence-electron chi connectivity index (χ3n) is 6.12. The minimum absolute atomic E-state index is 0.0492. The Kier molecular flexibility index (Phi) is 6.35. The molecule has 7 heteroatoms. The first kappa shape index (κ1) is 21.7. The zero-order valence-electron chi connectivity index (χ0n) is 18.5. The van der Waals surface area contributed by atoms with E-state index < -0.39 is 0 Å². The molecule has 2 amide bonds. The second-order valence-corrected chi connectivity index (χ2v) is 8.20. The highest BCUT2D eigenvalue weighted by atomic mass is 16.2. The maximum absolute atomic E-state index is 12.7. The van der Waals surface area contributed by atoms with Gasteiger partial charge in [-0.05, 0) is 16.8 Å². The summed E-state index contributed by atoms with van der Waals surface area (Å²) in [5.41, 5.74) is 1.88. The standard InChI is InChI=1S/C25H28N4O3/c1-3-21(31)10-11-24(32)28-12-13-29(17(2)30)23(16-28)25-26-15-22(27-25)20-9-8-18-6-4-5-7-19(18)14-20/h4-9,14-15,23H,3,10-13,16H2,1-2H3,(H,26,27). The number of carbonyl (C=O) groups is 3. The molecule has 3 aromatic rings. The van der Waals surface area contributed by atoms with Crippen molar-refractivity contribution in [2.75, 3.05) is 19.6 Å². The molecule has 1 aliphatic heterocycles. The molecule has 1 atom stereocenters. The number of benzene rings is 2. The lowest BCUT2D eigenvalue weighted by Gasteiger charge is -2.40. The number of nitrogens with one attached hydrogen (secondary N) is 1. The summed E-state index contributed by atoms with van der Waals surface area (Å²) in [6.45, 7) is 4.62. The molecule has 0 saturated carbocycles. The molecule has 0 aliphatic carbocycles. The quantitative estimate of drug-likeness (QED) is 0.643. The molecule has 1 saturated heterocycles. The molecule has 0 radical (unpaired) electrons. The molecule has 166 valence electrons. The van der Waals surface area contributed by atoms with Crippen molar-refractivity contribution in [2.45, 2.75) is 39.2 Å². The normalized spacial score (nSPS) is 16.4. The molecule has 1 aromatic heterocycles. The van der Waals surface area contributed by atoms with Crippen LogP contribution < -0.4 is 0 Å². The van der Waals surface area contributed by atoms with Crippen molar-refractivity contribution >= 4 is 28.4 Å². The molecule has 7 nitrogen and oxygen atoms in total. The molecule has 1 unspecified atom stereocenters. The van der Waals surface area contributed by atoms with Gasteiger partial charge >= 0.3 is 0 Å². The van der Waals surface area contributed by atoms with Gasteiger partial charge in [0.1, 0.15) is 17.6 Å². The van der Waals surface area contributed by atoms with E-state index in [9.17, 15) is 14.4 Å². The number of hydrogen-bond acceptors (Lipinski definition) is 4. The number of carbonyl (C=O) groups excluding carboxylic acids is 3. The summed E-state index contributed by atoms with van der Waals surface area (Å²) in [6, 6.07) is 14.1. The first-order valence-corrected chi connectivity index (χ1v) is 11.1. The van der Waals surface area contributed by atoms with Crippen molar-refractivity contribution in [3.05, 3.63) is 54.5 Å². The molecule has 32 heavy (non-hydrogen) atoms. The van der Waals surface area contributed by atoms with Crippen LogP contribution >= 0.6 is 0 Å². The molecule has 0 bridgehead atoms. The Hall–Kier alpha value is -3.48. The molecule has 1 N–H and O–H groups in total. The van der Waals surface area contributed by atoms with Crippen molar-refractivity contribution < 1.29 is 14.4 Å². The lowest BCUT2D eigenvalue weighted by molar-refractivity contribution is -0.142. The monoisotopic (exact) mass is 432 g/mol. The van der Waals surface area contributed by atoms with Gasteiger partial charge in [0.25, 0.3) is 0 Å². The minimum Gasteiger partial charge on any atom is -0.340 e. The lowest BCUT2D eigenvalue weighted by atomic mass is 10.1. The smallest absolute Gasteiger partial charge is 0.223 e. The predicted molar refractivity (Wildman–Crippen MR) is 123 cm³/mol. The van der Waals surface area contributed by atoms with Crippen LogP contribution in [0, 0.1) is 0 Å². The Bertz CT molecular complexity index is 1150. The van der Waals surface area contributed by atoms with Gasteiger partial charge in [0.05, 0.1) is 11.9 Å². The van der Waals surface area contributed by atoms with Gasteiger partial charge in [0.15, 0.2) is 0 Å². The number of H-pyrrole nitrogens is 1. The summed E-state index contributed by atoms with van der Waals surface area (Å²) in [5, 5.41) is 2.31. The largest absolute Gasteiger partial charge is 0.340 e. The number of aromatic amines is 1. The Morgan fingerprint density at radius 1 is 1.06 bits per heavy atom. The van der Waals surface area contributed by atoms with Crippen LogP contribution in [0.15, 0.2) is 48.7 Å². The van der Waals surface area contributed by atoms with Crippen LogP contribution in [-0.4, -0.2) is 57.0 Å². The van der Waals surface area contributed by atoms with E-state index >= 15 is 0 Å². The maximum atomic E-state index is 12.7. The summed E-state index contributed by atoms with van der Waals surface area (Å²) in [6.07, 6.45) is 2.69. The number of hydrogen-bond donors (Lipinski definition) is 1. The average Bonchev–Trinajstić information content (AvgIpc) is 3.31. The van der Waals surface area contributed by atoms with Gasteiger partial charge in [0.2, 0.25) is 11.8 Å². The van der Waals surface area contributed by atoms with Crippen molar-refractivity contribution in [3.8, 4) is 11.3 Å². The van der Waals surface area contributed by atoms with Gasteiger partial charge in [-0.2, -0.15) is 0 Å². The van der Waals surface area contributed by atoms with Crippen molar-refractivity contribution in [1.29, 1.82) is 0 Å². The van der Waals surface area contributed by atoms with Gasteiger partial charge in [-0.3, -0.25) is 14.4 Å². The first-order chi connectivity index (χ1) is 15.5. The van der Waals surface area contributed by atoms with Gasteiger partial charge in [-0.1, -0.05) is 43.3 Å². The molecule has 1 aliphatic rings. The molecule has 0 spiro atoms. The van der Waals surface area contributed by atoms with E-state index in [1.54, 1.807) is 22.9 Å². The van der Waals surface area contributed by atoms with E-state index in [0.29, 0.717) is 31.9 Å². The second kappa shape index (κ2) is 9.34. The van der Waals surface area contributed by atoms with Gasteiger partial charge in [-0.25, -0.2) is 4.98 Å². The molecule has 4 rings (SSSR count). The Morgan fingerprint density at radius 2 is 1.84 bits per heavy atom. The van der Waals surface area contributed by atoms with E-state index in [4.69, 9.17) is 0 Å². The topological polar surface area (TPSA) is 86.4 Å². The third-order valence-corrected chi connectivity index (χ3v) is 6.12. The summed E-state index contributed by atoms with van der Waals surface area (Å²) < 4.78 is 0. The highest BCUT2D eigenvalue weighted by Gasteiger charge is 2.33. The number of fused-ring (bicyclic) bond motifs is 1. The number of rotatable bonds is 6. The lowest BCUT2D eigenvalue weighted by Crippen LogP contribution is -2.52. The molecular formula is C25H28N4O3. The van der Waals surface area contributed by atoms with Gasteiger partial charge in [-0.15, -0.1) is 0 Å². The number of imidazole rings is 1. The van der Waals surface area contributed by atoms with Crippen LogP contribution in [-0.2, 0) is 14.4 Å². The summed E-state index contributed by atoms with van der Waals surface area (Å²) in [4.78, 5) is 48.0.